The molecule has 0 aliphatic heterocycles. The fraction of sp³-hybridized carbons (Fsp3) is 0.385. The predicted octanol–water partition coefficient (Wildman–Crippen LogP) is 2.33. The van der Waals surface area contributed by atoms with Crippen LogP contribution in [0.3, 0.4) is 0 Å². The van der Waals surface area contributed by atoms with E-state index < -0.39 is 14.0 Å². The quantitative estimate of drug-likeness (QED) is 0.839. The van der Waals surface area contributed by atoms with Gasteiger partial charge >= 0.3 is 5.97 Å². The number of carboxylic acid groups (broad SMARTS) is 1. The Morgan fingerprint density at radius 2 is 1.89 bits per heavy atom. The largest absolute Gasteiger partial charge is 0.478 e. The van der Waals surface area contributed by atoms with Gasteiger partial charge in [0.25, 0.3) is 5.91 Å². The van der Waals surface area contributed by atoms with Crippen LogP contribution >= 0.6 is 11.6 Å². The van der Waals surface area contributed by atoms with E-state index in [-0.39, 0.29) is 16.5 Å². The van der Waals surface area contributed by atoms with Crippen molar-refractivity contribution in [1.29, 1.82) is 0 Å². The van der Waals surface area contributed by atoms with Crippen molar-refractivity contribution in [2.75, 3.05) is 6.54 Å². The summed E-state index contributed by atoms with van der Waals surface area (Å²) >= 11 is 6.13. The second-order valence-corrected chi connectivity index (χ2v) is 10.7. The van der Waals surface area contributed by atoms with Gasteiger partial charge in [0.15, 0.2) is 0 Å². The zero-order valence-corrected chi connectivity index (χ0v) is 13.3. The SMILES string of the molecule is CCNC(=O)c1c([Si](C)(C)C)ccc(C(=O)O)c1Cl. The van der Waals surface area contributed by atoms with Gasteiger partial charge < -0.3 is 10.4 Å². The number of carbonyl (C=O) groups excluding carboxylic acids is 1. The second kappa shape index (κ2) is 5.75. The van der Waals surface area contributed by atoms with Crippen LogP contribution in [0.15, 0.2) is 12.1 Å². The lowest BCUT2D eigenvalue weighted by molar-refractivity contribution is 0.0697. The molecule has 0 radical (unpaired) electrons. The van der Waals surface area contributed by atoms with Crippen LogP contribution in [-0.2, 0) is 0 Å². The van der Waals surface area contributed by atoms with Gasteiger partial charge in [0.2, 0.25) is 0 Å². The second-order valence-electron chi connectivity index (χ2n) is 5.26. The number of rotatable bonds is 4. The van der Waals surface area contributed by atoms with Gasteiger partial charge in [-0.2, -0.15) is 0 Å². The zero-order chi connectivity index (χ0) is 14.8. The molecule has 0 aromatic heterocycles. The first-order chi connectivity index (χ1) is 8.70. The van der Waals surface area contributed by atoms with Gasteiger partial charge in [-0.25, -0.2) is 4.79 Å². The minimum atomic E-state index is -1.80. The number of nitrogens with one attached hydrogen (secondary N) is 1. The molecule has 0 saturated heterocycles. The monoisotopic (exact) mass is 299 g/mol. The summed E-state index contributed by atoms with van der Waals surface area (Å²) < 4.78 is 0. The van der Waals surface area contributed by atoms with Crippen LogP contribution in [0, 0.1) is 0 Å². The molecule has 4 nitrogen and oxygen atoms in total. The third kappa shape index (κ3) is 3.36. The Hall–Kier alpha value is -1.33. The predicted molar refractivity (Wildman–Crippen MR) is 79.4 cm³/mol. The fourth-order valence-corrected chi connectivity index (χ4v) is 3.82. The smallest absolute Gasteiger partial charge is 0.337 e. The summed E-state index contributed by atoms with van der Waals surface area (Å²) in [5.74, 6) is -1.44. The Bertz CT molecular complexity index is 523. The highest BCUT2D eigenvalue weighted by atomic mass is 35.5. The third-order valence-electron chi connectivity index (χ3n) is 2.74. The average molecular weight is 300 g/mol. The van der Waals surface area contributed by atoms with E-state index in [0.717, 1.165) is 5.19 Å². The van der Waals surface area contributed by atoms with Crippen molar-refractivity contribution in [3.63, 3.8) is 0 Å². The molecule has 0 atom stereocenters. The maximum Gasteiger partial charge on any atom is 0.337 e. The fourth-order valence-electron chi connectivity index (χ4n) is 1.84. The molecule has 0 heterocycles. The third-order valence-corrected chi connectivity index (χ3v) is 5.17. The Labute approximate surface area is 118 Å². The van der Waals surface area contributed by atoms with E-state index in [1.807, 2.05) is 0 Å². The van der Waals surface area contributed by atoms with E-state index in [4.69, 9.17) is 16.7 Å². The molecule has 1 amide bonds. The van der Waals surface area contributed by atoms with E-state index >= 15 is 0 Å². The number of carbonyl (C=O) groups is 2. The van der Waals surface area contributed by atoms with Crippen LogP contribution < -0.4 is 10.5 Å². The minimum absolute atomic E-state index is 0.0263. The lowest BCUT2D eigenvalue weighted by atomic mass is 10.1. The molecular formula is C13H18ClNO3Si. The molecule has 104 valence electrons. The lowest BCUT2D eigenvalue weighted by Gasteiger charge is -2.22. The van der Waals surface area contributed by atoms with E-state index in [9.17, 15) is 9.59 Å². The standard InChI is InChI=1S/C13H18ClNO3Si/c1-5-15-12(16)10-9(19(2,3)4)7-6-8(11(10)14)13(17)18/h6-7H,5H2,1-4H3,(H,15,16)(H,17,18). The Kier molecular flexibility index (Phi) is 4.76. The number of hydrogen-bond acceptors (Lipinski definition) is 2. The summed E-state index contributed by atoms with van der Waals surface area (Å²) in [7, 11) is -1.80. The molecule has 1 aromatic rings. The topological polar surface area (TPSA) is 66.4 Å². The van der Waals surface area contributed by atoms with Crippen molar-refractivity contribution < 1.29 is 14.7 Å². The van der Waals surface area contributed by atoms with Crippen LogP contribution in [0.2, 0.25) is 24.7 Å². The van der Waals surface area contributed by atoms with Gasteiger partial charge in [0, 0.05) is 6.54 Å². The molecule has 0 unspecified atom stereocenters. The molecule has 0 aliphatic carbocycles. The van der Waals surface area contributed by atoms with Crippen molar-refractivity contribution in [2.24, 2.45) is 0 Å². The molecular weight excluding hydrogens is 282 g/mol. The Balaban J connectivity index is 3.55. The van der Waals surface area contributed by atoms with Gasteiger partial charge in [-0.05, 0) is 18.2 Å². The summed E-state index contributed by atoms with van der Waals surface area (Å²) in [6.45, 7) is 8.53. The minimum Gasteiger partial charge on any atom is -0.478 e. The number of hydrogen-bond donors (Lipinski definition) is 2. The highest BCUT2D eigenvalue weighted by molar-refractivity contribution is 6.89. The van der Waals surface area contributed by atoms with Crippen molar-refractivity contribution in [1.82, 2.24) is 5.32 Å². The van der Waals surface area contributed by atoms with Gasteiger partial charge in [0.05, 0.1) is 24.2 Å². The first-order valence-electron chi connectivity index (χ1n) is 6.04. The van der Waals surface area contributed by atoms with Gasteiger partial charge in [-0.15, -0.1) is 0 Å². The number of halogens is 1. The molecule has 6 heteroatoms. The zero-order valence-electron chi connectivity index (χ0n) is 11.5. The van der Waals surface area contributed by atoms with Crippen LogP contribution in [0.5, 0.6) is 0 Å². The number of amides is 1. The summed E-state index contributed by atoms with van der Waals surface area (Å²) in [5, 5.41) is 12.7. The van der Waals surface area contributed by atoms with E-state index in [0.29, 0.717) is 12.1 Å². The van der Waals surface area contributed by atoms with Gasteiger partial charge in [-0.1, -0.05) is 37.3 Å². The number of aromatic carboxylic acids is 1. The summed E-state index contributed by atoms with van der Waals surface area (Å²) in [4.78, 5) is 23.3. The van der Waals surface area contributed by atoms with Crippen LogP contribution in [0.4, 0.5) is 0 Å². The molecule has 19 heavy (non-hydrogen) atoms. The van der Waals surface area contributed by atoms with Crippen molar-refractivity contribution in [3.05, 3.63) is 28.3 Å². The summed E-state index contributed by atoms with van der Waals surface area (Å²) in [6, 6.07) is 3.19. The summed E-state index contributed by atoms with van der Waals surface area (Å²) in [5.41, 5.74) is 0.271. The van der Waals surface area contributed by atoms with E-state index in [1.54, 1.807) is 13.0 Å². The molecule has 2 N–H and O–H groups in total. The number of benzene rings is 1. The normalized spacial score (nSPS) is 11.2. The van der Waals surface area contributed by atoms with E-state index in [2.05, 4.69) is 25.0 Å². The summed E-state index contributed by atoms with van der Waals surface area (Å²) in [6.07, 6.45) is 0. The van der Waals surface area contributed by atoms with Gasteiger partial charge in [-0.3, -0.25) is 4.79 Å². The van der Waals surface area contributed by atoms with Crippen molar-refractivity contribution in [3.8, 4) is 0 Å². The highest BCUT2D eigenvalue weighted by Gasteiger charge is 2.28. The van der Waals surface area contributed by atoms with Crippen molar-refractivity contribution in [2.45, 2.75) is 26.6 Å². The molecule has 0 spiro atoms. The molecule has 0 fully saturated rings. The van der Waals surface area contributed by atoms with E-state index in [1.165, 1.54) is 6.07 Å². The highest BCUT2D eigenvalue weighted by Crippen LogP contribution is 2.22. The molecule has 0 saturated carbocycles. The first-order valence-corrected chi connectivity index (χ1v) is 9.92. The Morgan fingerprint density at radius 3 is 2.32 bits per heavy atom. The molecule has 0 aliphatic rings. The number of carboxylic acids is 1. The van der Waals surface area contributed by atoms with Gasteiger partial charge in [0.1, 0.15) is 0 Å². The molecule has 0 bridgehead atoms. The Morgan fingerprint density at radius 1 is 1.32 bits per heavy atom. The molecule has 1 rings (SSSR count). The molecule has 1 aromatic carbocycles. The van der Waals surface area contributed by atoms with Crippen LogP contribution in [0.25, 0.3) is 0 Å². The van der Waals surface area contributed by atoms with Crippen LogP contribution in [-0.4, -0.2) is 31.6 Å². The maximum atomic E-state index is 12.1. The average Bonchev–Trinajstić information content (AvgIpc) is 2.26. The van der Waals surface area contributed by atoms with Crippen LogP contribution in [0.1, 0.15) is 27.6 Å². The van der Waals surface area contributed by atoms with Crippen molar-refractivity contribution >= 4 is 36.7 Å². The maximum absolute atomic E-state index is 12.1. The first kappa shape index (κ1) is 15.7. The lowest BCUT2D eigenvalue weighted by Crippen LogP contribution is -2.44.